The van der Waals surface area contributed by atoms with Gasteiger partial charge in [0.1, 0.15) is 11.6 Å². The van der Waals surface area contributed by atoms with Gasteiger partial charge >= 0.3 is 0 Å². The first kappa shape index (κ1) is 16.6. The van der Waals surface area contributed by atoms with E-state index in [1.807, 2.05) is 24.3 Å². The molecule has 4 rings (SSSR count). The fourth-order valence-electron chi connectivity index (χ4n) is 3.60. The van der Waals surface area contributed by atoms with Crippen LogP contribution in [0.3, 0.4) is 0 Å². The highest BCUT2D eigenvalue weighted by Crippen LogP contribution is 2.32. The number of aromatic nitrogens is 1. The molecule has 132 valence electrons. The number of nitrogens with zero attached hydrogens (tertiary/aromatic N) is 1. The van der Waals surface area contributed by atoms with Crippen molar-refractivity contribution >= 4 is 22.5 Å². The van der Waals surface area contributed by atoms with Gasteiger partial charge in [0, 0.05) is 17.1 Å². The second-order valence-corrected chi connectivity index (χ2v) is 6.86. The van der Waals surface area contributed by atoms with Crippen molar-refractivity contribution in [3.63, 3.8) is 0 Å². The van der Waals surface area contributed by atoms with E-state index in [4.69, 9.17) is 4.98 Å². The third-order valence-corrected chi connectivity index (χ3v) is 4.91. The lowest BCUT2D eigenvalue weighted by molar-refractivity contribution is 0.102. The van der Waals surface area contributed by atoms with Crippen molar-refractivity contribution in [2.75, 3.05) is 5.32 Å². The Labute approximate surface area is 150 Å². The molecule has 1 heterocycles. The molecule has 1 aliphatic carbocycles. The zero-order valence-electron chi connectivity index (χ0n) is 14.4. The van der Waals surface area contributed by atoms with Crippen LogP contribution in [0.4, 0.5) is 14.5 Å². The van der Waals surface area contributed by atoms with Crippen LogP contribution >= 0.6 is 0 Å². The molecule has 5 heteroatoms. The molecule has 0 fully saturated rings. The summed E-state index contributed by atoms with van der Waals surface area (Å²) in [5, 5.41) is 3.35. The molecule has 1 aliphatic rings. The fraction of sp³-hybridized carbons (Fsp3) is 0.238. The summed E-state index contributed by atoms with van der Waals surface area (Å²) in [6.07, 6.45) is 2.63. The molecule has 0 aliphatic heterocycles. The van der Waals surface area contributed by atoms with E-state index in [0.717, 1.165) is 53.6 Å². The van der Waals surface area contributed by atoms with Gasteiger partial charge in [-0.15, -0.1) is 0 Å². The van der Waals surface area contributed by atoms with E-state index in [9.17, 15) is 13.6 Å². The number of anilines is 1. The number of nitrogens with one attached hydrogen (secondary N) is 1. The quantitative estimate of drug-likeness (QED) is 0.713. The van der Waals surface area contributed by atoms with Gasteiger partial charge in [0.05, 0.1) is 16.8 Å². The Bertz CT molecular complexity index is 1020. The largest absolute Gasteiger partial charge is 0.319 e. The number of carbonyl (C=O) groups excluding carboxylic acids is 1. The van der Waals surface area contributed by atoms with Crippen LogP contribution in [0.5, 0.6) is 0 Å². The van der Waals surface area contributed by atoms with Crippen molar-refractivity contribution in [2.24, 2.45) is 5.92 Å². The molecule has 2 aromatic carbocycles. The topological polar surface area (TPSA) is 42.0 Å². The molecule has 1 amide bonds. The number of amides is 1. The van der Waals surface area contributed by atoms with Gasteiger partial charge in [-0.2, -0.15) is 0 Å². The monoisotopic (exact) mass is 352 g/mol. The molecule has 1 N–H and O–H groups in total. The number of hydrogen-bond acceptors (Lipinski definition) is 2. The van der Waals surface area contributed by atoms with Crippen molar-refractivity contribution in [3.05, 3.63) is 70.9 Å². The van der Waals surface area contributed by atoms with Gasteiger partial charge in [-0.1, -0.05) is 25.1 Å². The number of benzene rings is 2. The second kappa shape index (κ2) is 6.48. The lowest BCUT2D eigenvalue weighted by Gasteiger charge is -2.24. The Kier molecular flexibility index (Phi) is 4.15. The summed E-state index contributed by atoms with van der Waals surface area (Å²) >= 11 is 0. The molecule has 1 aromatic heterocycles. The van der Waals surface area contributed by atoms with Gasteiger partial charge in [0.25, 0.3) is 5.91 Å². The molecule has 0 saturated heterocycles. The van der Waals surface area contributed by atoms with Crippen molar-refractivity contribution in [1.29, 1.82) is 0 Å². The number of halogens is 2. The SMILES string of the molecule is CC1CCc2nc3ccccc3c(C(=O)Nc3ccc(F)cc3F)c2C1. The smallest absolute Gasteiger partial charge is 0.256 e. The van der Waals surface area contributed by atoms with Gasteiger partial charge in [-0.3, -0.25) is 9.78 Å². The molecule has 0 bridgehead atoms. The standard InChI is InChI=1S/C21H18F2N2O/c1-12-6-8-18-15(10-12)20(14-4-2-3-5-17(14)24-18)21(26)25-19-9-7-13(22)11-16(19)23/h2-5,7,9,11-12H,6,8,10H2,1H3,(H,25,26). The van der Waals surface area contributed by atoms with Crippen molar-refractivity contribution in [2.45, 2.75) is 26.2 Å². The summed E-state index contributed by atoms with van der Waals surface area (Å²) in [5.74, 6) is -1.40. The molecule has 0 spiro atoms. The molecule has 0 saturated carbocycles. The molecule has 3 aromatic rings. The average molecular weight is 352 g/mol. The highest BCUT2D eigenvalue weighted by atomic mass is 19.1. The van der Waals surface area contributed by atoms with Gasteiger partial charge in [0.15, 0.2) is 0 Å². The molecule has 26 heavy (non-hydrogen) atoms. The Hall–Kier alpha value is -2.82. The van der Waals surface area contributed by atoms with Crippen molar-refractivity contribution < 1.29 is 13.6 Å². The summed E-state index contributed by atoms with van der Waals surface area (Å²) in [7, 11) is 0. The molecular weight excluding hydrogens is 334 g/mol. The van der Waals surface area contributed by atoms with Crippen LogP contribution in [0.2, 0.25) is 0 Å². The van der Waals surface area contributed by atoms with Crippen LogP contribution in [0.25, 0.3) is 10.9 Å². The van der Waals surface area contributed by atoms with Crippen LogP contribution in [0, 0.1) is 17.6 Å². The van der Waals surface area contributed by atoms with Crippen molar-refractivity contribution in [3.8, 4) is 0 Å². The predicted octanol–water partition coefficient (Wildman–Crippen LogP) is 4.89. The van der Waals surface area contributed by atoms with Gasteiger partial charge < -0.3 is 5.32 Å². The number of carbonyl (C=O) groups is 1. The van der Waals surface area contributed by atoms with E-state index >= 15 is 0 Å². The van der Waals surface area contributed by atoms with Crippen LogP contribution in [0.1, 0.15) is 35.0 Å². The third-order valence-electron chi connectivity index (χ3n) is 4.91. The maximum atomic E-state index is 14.0. The minimum atomic E-state index is -0.793. The van der Waals surface area contributed by atoms with Crippen LogP contribution in [0.15, 0.2) is 42.5 Å². The number of aryl methyl sites for hydroxylation is 1. The van der Waals surface area contributed by atoms with E-state index in [1.165, 1.54) is 6.07 Å². The first-order valence-corrected chi connectivity index (χ1v) is 8.70. The van der Waals surface area contributed by atoms with E-state index in [-0.39, 0.29) is 11.6 Å². The summed E-state index contributed by atoms with van der Waals surface area (Å²) in [4.78, 5) is 17.8. The lowest BCUT2D eigenvalue weighted by Crippen LogP contribution is -2.22. The Morgan fingerprint density at radius 2 is 2.00 bits per heavy atom. The highest BCUT2D eigenvalue weighted by molar-refractivity contribution is 6.13. The molecule has 3 nitrogen and oxygen atoms in total. The molecule has 1 atom stereocenters. The Morgan fingerprint density at radius 3 is 2.81 bits per heavy atom. The summed E-state index contributed by atoms with van der Waals surface area (Å²) < 4.78 is 27.1. The van der Waals surface area contributed by atoms with E-state index in [2.05, 4.69) is 12.2 Å². The predicted molar refractivity (Wildman–Crippen MR) is 97.2 cm³/mol. The molecule has 0 radical (unpaired) electrons. The first-order chi connectivity index (χ1) is 12.5. The maximum absolute atomic E-state index is 14.0. The Morgan fingerprint density at radius 1 is 1.19 bits per heavy atom. The summed E-state index contributed by atoms with van der Waals surface area (Å²) in [6.45, 7) is 2.15. The van der Waals surface area contributed by atoms with Crippen molar-refractivity contribution in [1.82, 2.24) is 4.98 Å². The number of hydrogen-bond donors (Lipinski definition) is 1. The number of para-hydroxylation sites is 1. The van der Waals surface area contributed by atoms with Gasteiger partial charge in [0.2, 0.25) is 0 Å². The zero-order chi connectivity index (χ0) is 18.3. The minimum absolute atomic E-state index is 0.0325. The third kappa shape index (κ3) is 2.94. The second-order valence-electron chi connectivity index (χ2n) is 6.86. The number of rotatable bonds is 2. The zero-order valence-corrected chi connectivity index (χ0v) is 14.4. The number of fused-ring (bicyclic) bond motifs is 2. The van der Waals surface area contributed by atoms with E-state index in [1.54, 1.807) is 0 Å². The minimum Gasteiger partial charge on any atom is -0.319 e. The Balaban J connectivity index is 1.84. The first-order valence-electron chi connectivity index (χ1n) is 8.70. The fourth-order valence-corrected chi connectivity index (χ4v) is 3.60. The molecule has 1 unspecified atom stereocenters. The van der Waals surface area contributed by atoms with Crippen LogP contribution < -0.4 is 5.32 Å². The average Bonchev–Trinajstić information content (AvgIpc) is 2.62. The molecular formula is C21H18F2N2O. The van der Waals surface area contributed by atoms with Crippen LogP contribution in [-0.2, 0) is 12.8 Å². The summed E-state index contributed by atoms with van der Waals surface area (Å²) in [5.41, 5.74) is 3.13. The number of pyridine rings is 1. The maximum Gasteiger partial charge on any atom is 0.256 e. The van der Waals surface area contributed by atoms with Crippen LogP contribution in [-0.4, -0.2) is 10.9 Å². The van der Waals surface area contributed by atoms with Gasteiger partial charge in [-0.05, 0) is 48.9 Å². The van der Waals surface area contributed by atoms with E-state index in [0.29, 0.717) is 11.5 Å². The van der Waals surface area contributed by atoms with E-state index < -0.39 is 11.6 Å². The normalized spacial score (nSPS) is 16.3. The highest BCUT2D eigenvalue weighted by Gasteiger charge is 2.25. The van der Waals surface area contributed by atoms with Gasteiger partial charge in [-0.25, -0.2) is 8.78 Å². The summed E-state index contributed by atoms with van der Waals surface area (Å²) in [6, 6.07) is 10.6. The lowest BCUT2D eigenvalue weighted by atomic mass is 9.84.